The lowest BCUT2D eigenvalue weighted by Gasteiger charge is -2.03. The summed E-state index contributed by atoms with van der Waals surface area (Å²) in [5, 5.41) is 10.1. The Bertz CT molecular complexity index is 584. The predicted molar refractivity (Wildman–Crippen MR) is 76.2 cm³/mol. The first-order chi connectivity index (χ1) is 9.28. The summed E-state index contributed by atoms with van der Waals surface area (Å²) in [6.07, 6.45) is 0.705. The first-order valence-corrected chi connectivity index (χ1v) is 6.93. The highest BCUT2D eigenvalue weighted by atomic mass is 32.1. The van der Waals surface area contributed by atoms with Gasteiger partial charge in [0.25, 0.3) is 0 Å². The van der Waals surface area contributed by atoms with Gasteiger partial charge < -0.3 is 10.5 Å². The van der Waals surface area contributed by atoms with E-state index >= 15 is 0 Å². The van der Waals surface area contributed by atoms with Crippen LogP contribution in [0.25, 0.3) is 11.3 Å². The van der Waals surface area contributed by atoms with Crippen LogP contribution < -0.4 is 10.5 Å². The average molecular weight is 273 g/mol. The second-order valence-electron chi connectivity index (χ2n) is 3.89. The van der Waals surface area contributed by atoms with Crippen molar-refractivity contribution < 1.29 is 4.74 Å². The molecule has 0 spiro atoms. The lowest BCUT2D eigenvalue weighted by Crippen LogP contribution is -2.01. The van der Waals surface area contributed by atoms with Crippen LogP contribution in [0.5, 0.6) is 5.75 Å². The van der Waals surface area contributed by atoms with Crippen molar-refractivity contribution in [1.82, 2.24) is 4.98 Å². The Morgan fingerprint density at radius 1 is 1.37 bits per heavy atom. The Labute approximate surface area is 116 Å². The molecule has 5 heteroatoms. The van der Waals surface area contributed by atoms with Crippen molar-refractivity contribution in [3.63, 3.8) is 0 Å². The van der Waals surface area contributed by atoms with E-state index in [0.29, 0.717) is 24.4 Å². The number of nitrogens with two attached hydrogens (primary N) is 1. The second-order valence-corrected chi connectivity index (χ2v) is 4.98. The van der Waals surface area contributed by atoms with Gasteiger partial charge in [0.2, 0.25) is 0 Å². The molecule has 0 atom stereocenters. The van der Waals surface area contributed by atoms with Gasteiger partial charge in [0, 0.05) is 12.0 Å². The molecule has 2 aromatic rings. The van der Waals surface area contributed by atoms with Gasteiger partial charge in [-0.3, -0.25) is 0 Å². The lowest BCUT2D eigenvalue weighted by atomic mass is 10.1. The highest BCUT2D eigenvalue weighted by Gasteiger charge is 2.12. The van der Waals surface area contributed by atoms with Crippen LogP contribution in [0.15, 0.2) is 24.3 Å². The van der Waals surface area contributed by atoms with E-state index in [9.17, 15) is 0 Å². The van der Waals surface area contributed by atoms with Crippen molar-refractivity contribution in [2.75, 3.05) is 13.2 Å². The molecule has 98 valence electrons. The van der Waals surface area contributed by atoms with Gasteiger partial charge in [0.1, 0.15) is 16.7 Å². The number of hydrogen-bond donors (Lipinski definition) is 1. The molecular formula is C14H15N3OS. The Hall–Kier alpha value is -1.90. The van der Waals surface area contributed by atoms with Gasteiger partial charge in [-0.2, -0.15) is 5.26 Å². The molecule has 1 aromatic heterocycles. The van der Waals surface area contributed by atoms with E-state index in [1.54, 1.807) is 0 Å². The normalized spacial score (nSPS) is 10.2. The van der Waals surface area contributed by atoms with Gasteiger partial charge in [0.15, 0.2) is 0 Å². The zero-order valence-corrected chi connectivity index (χ0v) is 11.5. The Kier molecular flexibility index (Phi) is 4.50. The Morgan fingerprint density at radius 2 is 2.11 bits per heavy atom. The highest BCUT2D eigenvalue weighted by Crippen LogP contribution is 2.29. The summed E-state index contributed by atoms with van der Waals surface area (Å²) in [7, 11) is 0. The smallest absolute Gasteiger partial charge is 0.132 e. The SMILES string of the molecule is CCOc1ccc(-c2nc(CCN)sc2C#N)cc1. The predicted octanol–water partition coefficient (Wildman–Crippen LogP) is 2.58. The van der Waals surface area contributed by atoms with Crippen molar-refractivity contribution in [2.24, 2.45) is 5.73 Å². The molecular weight excluding hydrogens is 258 g/mol. The summed E-state index contributed by atoms with van der Waals surface area (Å²) < 4.78 is 5.40. The van der Waals surface area contributed by atoms with Crippen molar-refractivity contribution in [3.05, 3.63) is 34.2 Å². The summed E-state index contributed by atoms with van der Waals surface area (Å²) in [4.78, 5) is 5.12. The zero-order chi connectivity index (χ0) is 13.7. The van der Waals surface area contributed by atoms with Gasteiger partial charge in [-0.15, -0.1) is 11.3 Å². The Balaban J connectivity index is 2.32. The minimum absolute atomic E-state index is 0.543. The van der Waals surface area contributed by atoms with E-state index in [0.717, 1.165) is 22.0 Å². The van der Waals surface area contributed by atoms with E-state index in [1.165, 1.54) is 11.3 Å². The van der Waals surface area contributed by atoms with Crippen molar-refractivity contribution in [2.45, 2.75) is 13.3 Å². The molecule has 0 saturated carbocycles. The fourth-order valence-corrected chi connectivity index (χ4v) is 2.64. The van der Waals surface area contributed by atoms with Crippen LogP contribution >= 0.6 is 11.3 Å². The molecule has 0 radical (unpaired) electrons. The average Bonchev–Trinajstić information content (AvgIpc) is 2.83. The highest BCUT2D eigenvalue weighted by molar-refractivity contribution is 7.12. The summed E-state index contributed by atoms with van der Waals surface area (Å²) in [6.45, 7) is 3.13. The lowest BCUT2D eigenvalue weighted by molar-refractivity contribution is 0.340. The molecule has 2 rings (SSSR count). The van der Waals surface area contributed by atoms with Gasteiger partial charge in [-0.05, 0) is 37.7 Å². The first kappa shape index (κ1) is 13.5. The minimum atomic E-state index is 0.543. The topological polar surface area (TPSA) is 71.9 Å². The molecule has 0 aliphatic carbocycles. The Morgan fingerprint density at radius 3 is 2.68 bits per heavy atom. The van der Waals surface area contributed by atoms with Crippen LogP contribution in [0.2, 0.25) is 0 Å². The third-order valence-corrected chi connectivity index (χ3v) is 3.59. The van der Waals surface area contributed by atoms with E-state index in [-0.39, 0.29) is 0 Å². The van der Waals surface area contributed by atoms with Crippen LogP contribution in [-0.2, 0) is 6.42 Å². The molecule has 1 heterocycles. The third-order valence-electron chi connectivity index (χ3n) is 2.57. The number of benzene rings is 1. The number of hydrogen-bond acceptors (Lipinski definition) is 5. The van der Waals surface area contributed by atoms with Crippen molar-refractivity contribution in [3.8, 4) is 23.1 Å². The van der Waals surface area contributed by atoms with Crippen LogP contribution in [0.1, 0.15) is 16.8 Å². The number of rotatable bonds is 5. The minimum Gasteiger partial charge on any atom is -0.494 e. The second kappa shape index (κ2) is 6.32. The molecule has 0 fully saturated rings. The van der Waals surface area contributed by atoms with E-state index < -0.39 is 0 Å². The fourth-order valence-electron chi connectivity index (χ4n) is 1.74. The number of nitrogens with zero attached hydrogens (tertiary/aromatic N) is 2. The van der Waals surface area contributed by atoms with E-state index in [1.807, 2.05) is 31.2 Å². The summed E-state index contributed by atoms with van der Waals surface area (Å²) >= 11 is 1.41. The number of ether oxygens (including phenoxy) is 1. The van der Waals surface area contributed by atoms with E-state index in [2.05, 4.69) is 11.1 Å². The molecule has 0 amide bonds. The third kappa shape index (κ3) is 3.11. The maximum atomic E-state index is 9.16. The molecule has 1 aromatic carbocycles. The summed E-state index contributed by atoms with van der Waals surface area (Å²) in [5.74, 6) is 0.821. The molecule has 4 nitrogen and oxygen atoms in total. The maximum absolute atomic E-state index is 9.16. The van der Waals surface area contributed by atoms with Gasteiger partial charge in [-0.25, -0.2) is 4.98 Å². The molecule has 2 N–H and O–H groups in total. The monoisotopic (exact) mass is 273 g/mol. The molecule has 0 bridgehead atoms. The molecule has 0 saturated heterocycles. The number of thiazole rings is 1. The standard InChI is InChI=1S/C14H15N3OS/c1-2-18-11-5-3-10(4-6-11)14-12(9-16)19-13(17-14)7-8-15/h3-6H,2,7-8,15H2,1H3. The quantitative estimate of drug-likeness (QED) is 0.908. The zero-order valence-electron chi connectivity index (χ0n) is 10.7. The summed E-state index contributed by atoms with van der Waals surface area (Å²) in [5.41, 5.74) is 7.19. The van der Waals surface area contributed by atoms with Crippen LogP contribution in [0.3, 0.4) is 0 Å². The first-order valence-electron chi connectivity index (χ1n) is 6.11. The van der Waals surface area contributed by atoms with Crippen molar-refractivity contribution in [1.29, 1.82) is 5.26 Å². The van der Waals surface area contributed by atoms with Crippen LogP contribution in [0.4, 0.5) is 0 Å². The van der Waals surface area contributed by atoms with E-state index in [4.69, 9.17) is 15.7 Å². The largest absolute Gasteiger partial charge is 0.494 e. The van der Waals surface area contributed by atoms with Crippen LogP contribution in [0, 0.1) is 11.3 Å². The van der Waals surface area contributed by atoms with Gasteiger partial charge in [-0.1, -0.05) is 0 Å². The molecule has 0 unspecified atom stereocenters. The fraction of sp³-hybridized carbons (Fsp3) is 0.286. The van der Waals surface area contributed by atoms with Crippen molar-refractivity contribution >= 4 is 11.3 Å². The molecule has 19 heavy (non-hydrogen) atoms. The van der Waals surface area contributed by atoms with Crippen LogP contribution in [-0.4, -0.2) is 18.1 Å². The molecule has 0 aliphatic heterocycles. The number of aromatic nitrogens is 1. The van der Waals surface area contributed by atoms with Gasteiger partial charge >= 0.3 is 0 Å². The number of nitriles is 1. The molecule has 0 aliphatic rings. The van der Waals surface area contributed by atoms with Gasteiger partial charge in [0.05, 0.1) is 17.3 Å². The summed E-state index contributed by atoms with van der Waals surface area (Å²) in [6, 6.07) is 9.83. The maximum Gasteiger partial charge on any atom is 0.132 e.